The molecular weight excluding hydrogens is 191 g/mol. The third-order valence-corrected chi connectivity index (χ3v) is 2.14. The van der Waals surface area contributed by atoms with E-state index < -0.39 is 0 Å². The van der Waals surface area contributed by atoms with Gasteiger partial charge in [0.2, 0.25) is 0 Å². The molecule has 0 radical (unpaired) electrons. The van der Waals surface area contributed by atoms with E-state index >= 15 is 0 Å². The van der Waals surface area contributed by atoms with E-state index in [1.54, 1.807) is 13.8 Å². The highest BCUT2D eigenvalue weighted by Gasteiger charge is 2.08. The Morgan fingerprint density at radius 2 is 2.20 bits per heavy atom. The monoisotopic (exact) mass is 204 g/mol. The Bertz CT molecular complexity index is 424. The average molecular weight is 204 g/mol. The van der Waals surface area contributed by atoms with Crippen molar-refractivity contribution in [1.29, 1.82) is 0 Å². The minimum atomic E-state index is -0.308. The first-order chi connectivity index (χ1) is 7.15. The molecule has 1 aromatic rings. The summed E-state index contributed by atoms with van der Waals surface area (Å²) in [5.41, 5.74) is 1.28. The zero-order valence-corrected chi connectivity index (χ0v) is 8.93. The second-order valence-electron chi connectivity index (χ2n) is 3.31. The van der Waals surface area contributed by atoms with Gasteiger partial charge in [-0.05, 0) is 37.6 Å². The van der Waals surface area contributed by atoms with Gasteiger partial charge in [-0.3, -0.25) is 4.79 Å². The number of carbonyl (C=O) groups is 1. The lowest BCUT2D eigenvalue weighted by Crippen LogP contribution is -2.01. The highest BCUT2D eigenvalue weighted by Crippen LogP contribution is 2.12. The number of hydrogen-bond acceptors (Lipinski definition) is 1. The summed E-state index contributed by atoms with van der Waals surface area (Å²) in [5.74, 6) is 5.29. The van der Waals surface area contributed by atoms with Crippen molar-refractivity contribution < 1.29 is 9.18 Å². The van der Waals surface area contributed by atoms with Crippen LogP contribution in [0.3, 0.4) is 0 Å². The molecule has 0 N–H and O–H groups in total. The molecule has 0 heterocycles. The fraction of sp³-hybridized carbons (Fsp3) is 0.308. The number of aryl methyl sites for hydroxylation is 1. The number of ketones is 1. The van der Waals surface area contributed by atoms with Crippen molar-refractivity contribution in [2.75, 3.05) is 0 Å². The summed E-state index contributed by atoms with van der Waals surface area (Å²) < 4.78 is 12.8. The van der Waals surface area contributed by atoms with Crippen LogP contribution >= 0.6 is 0 Å². The zero-order chi connectivity index (χ0) is 11.3. The van der Waals surface area contributed by atoms with Gasteiger partial charge in [-0.2, -0.15) is 0 Å². The predicted octanol–water partition coefficient (Wildman–Crippen LogP) is 3.12. The SMILES string of the molecule is CC#CCCC(=O)c1ccc(F)cc1C. The third-order valence-electron chi connectivity index (χ3n) is 2.14. The van der Waals surface area contributed by atoms with Gasteiger partial charge in [0.1, 0.15) is 5.82 Å². The zero-order valence-electron chi connectivity index (χ0n) is 8.93. The smallest absolute Gasteiger partial charge is 0.164 e. The van der Waals surface area contributed by atoms with Gasteiger partial charge in [-0.25, -0.2) is 4.39 Å². The number of carbonyl (C=O) groups excluding carboxylic acids is 1. The van der Waals surface area contributed by atoms with Crippen molar-refractivity contribution >= 4 is 5.78 Å². The standard InChI is InChI=1S/C13H13FO/c1-3-4-5-6-13(15)12-8-7-11(14)9-10(12)2/h7-9H,5-6H2,1-2H3. The summed E-state index contributed by atoms with van der Waals surface area (Å²) in [7, 11) is 0. The van der Waals surface area contributed by atoms with Crippen molar-refractivity contribution in [3.05, 3.63) is 35.1 Å². The molecule has 0 aliphatic heterocycles. The summed E-state index contributed by atoms with van der Waals surface area (Å²) in [5, 5.41) is 0. The van der Waals surface area contributed by atoms with Gasteiger partial charge in [0.15, 0.2) is 5.78 Å². The number of hydrogen-bond donors (Lipinski definition) is 0. The van der Waals surface area contributed by atoms with E-state index in [2.05, 4.69) is 11.8 Å². The maximum absolute atomic E-state index is 12.8. The summed E-state index contributed by atoms with van der Waals surface area (Å²) in [6.07, 6.45) is 0.958. The maximum Gasteiger partial charge on any atom is 0.164 e. The number of rotatable bonds is 3. The van der Waals surface area contributed by atoms with Crippen molar-refractivity contribution in [3.63, 3.8) is 0 Å². The molecule has 0 spiro atoms. The Balaban J connectivity index is 2.76. The van der Waals surface area contributed by atoms with E-state index in [-0.39, 0.29) is 11.6 Å². The van der Waals surface area contributed by atoms with Gasteiger partial charge < -0.3 is 0 Å². The molecule has 15 heavy (non-hydrogen) atoms. The first kappa shape index (κ1) is 11.5. The van der Waals surface area contributed by atoms with Crippen LogP contribution in [0.25, 0.3) is 0 Å². The van der Waals surface area contributed by atoms with Gasteiger partial charge >= 0.3 is 0 Å². The molecule has 0 aliphatic carbocycles. The van der Waals surface area contributed by atoms with E-state index in [9.17, 15) is 9.18 Å². The second kappa shape index (κ2) is 5.31. The lowest BCUT2D eigenvalue weighted by molar-refractivity contribution is 0.0983. The molecule has 0 unspecified atom stereocenters. The Morgan fingerprint density at radius 1 is 1.47 bits per heavy atom. The molecule has 1 rings (SSSR count). The van der Waals surface area contributed by atoms with Crippen LogP contribution in [0.2, 0.25) is 0 Å². The number of Topliss-reactive ketones (excluding diaryl/α,β-unsaturated/α-hetero) is 1. The van der Waals surface area contributed by atoms with Crippen LogP contribution in [-0.4, -0.2) is 5.78 Å². The molecule has 0 aromatic heterocycles. The van der Waals surface area contributed by atoms with Crippen molar-refractivity contribution in [2.45, 2.75) is 26.7 Å². The van der Waals surface area contributed by atoms with Gasteiger partial charge in [-0.1, -0.05) is 0 Å². The number of benzene rings is 1. The Hall–Kier alpha value is -1.62. The Kier molecular flexibility index (Phi) is 4.05. The lowest BCUT2D eigenvalue weighted by Gasteiger charge is -2.03. The van der Waals surface area contributed by atoms with Crippen LogP contribution in [0, 0.1) is 24.6 Å². The van der Waals surface area contributed by atoms with Gasteiger partial charge in [0.05, 0.1) is 0 Å². The van der Waals surface area contributed by atoms with Gasteiger partial charge in [0, 0.05) is 18.4 Å². The van der Waals surface area contributed by atoms with Crippen LogP contribution in [0.4, 0.5) is 4.39 Å². The average Bonchev–Trinajstić information content (AvgIpc) is 2.17. The maximum atomic E-state index is 12.8. The summed E-state index contributed by atoms with van der Waals surface area (Å²) in [4.78, 5) is 11.7. The molecule has 0 saturated heterocycles. The first-order valence-electron chi connectivity index (χ1n) is 4.84. The molecule has 1 aromatic carbocycles. The second-order valence-corrected chi connectivity index (χ2v) is 3.31. The fourth-order valence-electron chi connectivity index (χ4n) is 1.38. The molecule has 0 atom stereocenters. The Labute approximate surface area is 89.3 Å². The quantitative estimate of drug-likeness (QED) is 0.546. The highest BCUT2D eigenvalue weighted by molar-refractivity contribution is 5.97. The van der Waals surface area contributed by atoms with Crippen LogP contribution in [-0.2, 0) is 0 Å². The fourth-order valence-corrected chi connectivity index (χ4v) is 1.38. The van der Waals surface area contributed by atoms with Gasteiger partial charge in [0.25, 0.3) is 0 Å². The van der Waals surface area contributed by atoms with E-state index in [4.69, 9.17) is 0 Å². The van der Waals surface area contributed by atoms with Crippen molar-refractivity contribution in [1.82, 2.24) is 0 Å². The van der Waals surface area contributed by atoms with E-state index in [0.717, 1.165) is 0 Å². The third kappa shape index (κ3) is 3.21. The highest BCUT2D eigenvalue weighted by atomic mass is 19.1. The molecule has 1 nitrogen and oxygen atoms in total. The van der Waals surface area contributed by atoms with Crippen LogP contribution in [0.15, 0.2) is 18.2 Å². The molecule has 0 saturated carbocycles. The van der Waals surface area contributed by atoms with Crippen LogP contribution in [0.5, 0.6) is 0 Å². The van der Waals surface area contributed by atoms with Crippen LogP contribution < -0.4 is 0 Å². The molecule has 0 aliphatic rings. The molecule has 0 amide bonds. The Morgan fingerprint density at radius 3 is 2.80 bits per heavy atom. The van der Waals surface area contributed by atoms with Crippen LogP contribution in [0.1, 0.15) is 35.7 Å². The summed E-state index contributed by atoms with van der Waals surface area (Å²) in [6.45, 7) is 3.48. The minimum Gasteiger partial charge on any atom is -0.294 e. The normalized spacial score (nSPS) is 9.27. The largest absolute Gasteiger partial charge is 0.294 e. The van der Waals surface area contributed by atoms with E-state index in [1.807, 2.05) is 0 Å². The molecule has 0 bridgehead atoms. The molecule has 0 fully saturated rings. The number of halogens is 1. The molecule has 2 heteroatoms. The molecular formula is C13H13FO. The topological polar surface area (TPSA) is 17.1 Å². The predicted molar refractivity (Wildman–Crippen MR) is 58.2 cm³/mol. The van der Waals surface area contributed by atoms with E-state index in [0.29, 0.717) is 24.0 Å². The van der Waals surface area contributed by atoms with Crippen molar-refractivity contribution in [3.8, 4) is 11.8 Å². The first-order valence-corrected chi connectivity index (χ1v) is 4.84. The van der Waals surface area contributed by atoms with Crippen molar-refractivity contribution in [2.24, 2.45) is 0 Å². The molecule has 78 valence electrons. The van der Waals surface area contributed by atoms with E-state index in [1.165, 1.54) is 18.2 Å². The minimum absolute atomic E-state index is 0.0234. The summed E-state index contributed by atoms with van der Waals surface area (Å²) >= 11 is 0. The lowest BCUT2D eigenvalue weighted by atomic mass is 10.0. The summed E-state index contributed by atoms with van der Waals surface area (Å²) in [6, 6.07) is 4.22. The van der Waals surface area contributed by atoms with Gasteiger partial charge in [-0.15, -0.1) is 11.8 Å².